The fourth-order valence-corrected chi connectivity index (χ4v) is 6.61. The second-order valence-corrected chi connectivity index (χ2v) is 12.9. The predicted molar refractivity (Wildman–Crippen MR) is 162 cm³/mol. The highest BCUT2D eigenvalue weighted by Gasteiger charge is 2.32. The monoisotopic (exact) mass is 575 g/mol. The number of carbonyl (C=O) groups is 2. The lowest BCUT2D eigenvalue weighted by molar-refractivity contribution is -0.141. The number of rotatable bonds is 13. The minimum Gasteiger partial charge on any atom is -0.352 e. The van der Waals surface area contributed by atoms with Crippen LogP contribution < -0.4 is 5.32 Å². The van der Waals surface area contributed by atoms with E-state index in [9.17, 15) is 18.0 Å². The van der Waals surface area contributed by atoms with Gasteiger partial charge >= 0.3 is 0 Å². The summed E-state index contributed by atoms with van der Waals surface area (Å²) in [5.41, 5.74) is 3.01. The predicted octanol–water partition coefficient (Wildman–Crippen LogP) is 5.09. The van der Waals surface area contributed by atoms with Crippen LogP contribution in [-0.4, -0.2) is 55.1 Å². The van der Waals surface area contributed by atoms with Crippen molar-refractivity contribution in [2.75, 3.05) is 13.6 Å². The third-order valence-electron chi connectivity index (χ3n) is 7.89. The number of hydrogen-bond donors (Lipinski definition) is 1. The van der Waals surface area contributed by atoms with Gasteiger partial charge in [0.25, 0.3) is 0 Å². The Bertz CT molecular complexity index is 1390. The summed E-state index contributed by atoms with van der Waals surface area (Å²) in [6.07, 6.45) is 4.98. The van der Waals surface area contributed by atoms with Gasteiger partial charge in [-0.15, -0.1) is 0 Å². The molecule has 0 heterocycles. The molecule has 0 saturated heterocycles. The third kappa shape index (κ3) is 8.27. The van der Waals surface area contributed by atoms with Crippen molar-refractivity contribution in [3.05, 3.63) is 102 Å². The topological polar surface area (TPSA) is 86.8 Å². The Kier molecular flexibility index (Phi) is 10.7. The SMILES string of the molecule is Cc1ccccc1CN(C(=O)CCCN(C)S(=O)(=O)c1ccccc1)[C@@H](Cc1ccccc1)C(=O)NC1CCCC1. The van der Waals surface area contributed by atoms with Crippen molar-refractivity contribution in [2.45, 2.75) is 75.4 Å². The van der Waals surface area contributed by atoms with Crippen molar-refractivity contribution in [1.82, 2.24) is 14.5 Å². The van der Waals surface area contributed by atoms with Crippen LogP contribution in [0.25, 0.3) is 0 Å². The molecule has 1 N–H and O–H groups in total. The number of hydrogen-bond acceptors (Lipinski definition) is 4. The average Bonchev–Trinajstić information content (AvgIpc) is 3.49. The second kappa shape index (κ2) is 14.4. The molecule has 1 fully saturated rings. The number of aryl methyl sites for hydroxylation is 1. The van der Waals surface area contributed by atoms with E-state index in [1.165, 1.54) is 11.4 Å². The molecule has 0 spiro atoms. The molecular weight excluding hydrogens is 534 g/mol. The lowest BCUT2D eigenvalue weighted by Gasteiger charge is -2.33. The maximum Gasteiger partial charge on any atom is 0.243 e. The summed E-state index contributed by atoms with van der Waals surface area (Å²) >= 11 is 0. The Balaban J connectivity index is 1.55. The van der Waals surface area contributed by atoms with E-state index in [0.29, 0.717) is 19.4 Å². The van der Waals surface area contributed by atoms with Gasteiger partial charge in [-0.3, -0.25) is 9.59 Å². The highest BCUT2D eigenvalue weighted by Crippen LogP contribution is 2.22. The number of carbonyl (C=O) groups excluding carboxylic acids is 2. The van der Waals surface area contributed by atoms with Gasteiger partial charge in [0.2, 0.25) is 21.8 Å². The maximum absolute atomic E-state index is 13.9. The van der Waals surface area contributed by atoms with Gasteiger partial charge in [-0.25, -0.2) is 12.7 Å². The molecule has 2 amide bonds. The van der Waals surface area contributed by atoms with Gasteiger partial charge < -0.3 is 10.2 Å². The van der Waals surface area contributed by atoms with Gasteiger partial charge in [0.1, 0.15) is 6.04 Å². The number of benzene rings is 3. The van der Waals surface area contributed by atoms with Gasteiger partial charge in [-0.1, -0.05) is 85.6 Å². The highest BCUT2D eigenvalue weighted by atomic mass is 32.2. The van der Waals surface area contributed by atoms with Crippen LogP contribution >= 0.6 is 0 Å². The molecule has 41 heavy (non-hydrogen) atoms. The zero-order chi connectivity index (χ0) is 29.2. The minimum absolute atomic E-state index is 0.128. The number of nitrogens with zero attached hydrogens (tertiary/aromatic N) is 2. The van der Waals surface area contributed by atoms with Crippen molar-refractivity contribution in [3.63, 3.8) is 0 Å². The molecule has 218 valence electrons. The standard InChI is InChI=1S/C33H41N3O4S/c1-26-14-9-10-17-28(26)25-36(32(37)22-13-23-35(2)41(39,40)30-20-7-4-8-21-30)31(24-27-15-5-3-6-16-27)33(38)34-29-18-11-12-19-29/h3-10,14-17,20-21,29,31H,11-13,18-19,22-25H2,1-2H3,(H,34,38)/t31-/m0/s1. The number of nitrogens with one attached hydrogen (secondary N) is 1. The van der Waals surface area contributed by atoms with Gasteiger partial charge in [0, 0.05) is 39.0 Å². The summed E-state index contributed by atoms with van der Waals surface area (Å²) < 4.78 is 27.2. The maximum atomic E-state index is 13.9. The smallest absolute Gasteiger partial charge is 0.243 e. The van der Waals surface area contributed by atoms with Crippen LogP contribution in [0.15, 0.2) is 89.8 Å². The normalized spacial score (nSPS) is 14.6. The van der Waals surface area contributed by atoms with E-state index in [0.717, 1.165) is 42.4 Å². The summed E-state index contributed by atoms with van der Waals surface area (Å²) in [4.78, 5) is 29.6. The summed E-state index contributed by atoms with van der Waals surface area (Å²) in [6, 6.07) is 25.4. The molecule has 0 aliphatic heterocycles. The Morgan fingerprint density at radius 2 is 1.51 bits per heavy atom. The van der Waals surface area contributed by atoms with Crippen molar-refractivity contribution in [3.8, 4) is 0 Å². The van der Waals surface area contributed by atoms with Crippen LogP contribution in [0.5, 0.6) is 0 Å². The fourth-order valence-electron chi connectivity index (χ4n) is 5.38. The lowest BCUT2D eigenvalue weighted by atomic mass is 10.0. The van der Waals surface area contributed by atoms with Crippen LogP contribution in [0.3, 0.4) is 0 Å². The van der Waals surface area contributed by atoms with E-state index < -0.39 is 16.1 Å². The van der Waals surface area contributed by atoms with Crippen molar-refractivity contribution < 1.29 is 18.0 Å². The van der Waals surface area contributed by atoms with Crippen LogP contribution in [0.2, 0.25) is 0 Å². The minimum atomic E-state index is -3.65. The molecule has 1 aliphatic carbocycles. The van der Waals surface area contributed by atoms with E-state index >= 15 is 0 Å². The molecule has 1 atom stereocenters. The molecule has 0 unspecified atom stereocenters. The van der Waals surface area contributed by atoms with Gasteiger partial charge in [-0.05, 0) is 55.0 Å². The van der Waals surface area contributed by atoms with Gasteiger partial charge in [0.05, 0.1) is 4.90 Å². The zero-order valence-electron chi connectivity index (χ0n) is 24.0. The summed E-state index contributed by atoms with van der Waals surface area (Å²) in [5, 5.41) is 3.23. The number of sulfonamides is 1. The first-order valence-electron chi connectivity index (χ1n) is 14.5. The third-order valence-corrected chi connectivity index (χ3v) is 9.76. The lowest BCUT2D eigenvalue weighted by Crippen LogP contribution is -2.52. The van der Waals surface area contributed by atoms with Crippen LogP contribution in [0, 0.1) is 6.92 Å². The zero-order valence-corrected chi connectivity index (χ0v) is 24.9. The molecule has 0 aromatic heterocycles. The Hall–Kier alpha value is -3.49. The highest BCUT2D eigenvalue weighted by molar-refractivity contribution is 7.89. The molecule has 3 aromatic rings. The first kappa shape index (κ1) is 30.5. The Morgan fingerprint density at radius 3 is 2.17 bits per heavy atom. The largest absolute Gasteiger partial charge is 0.352 e. The van der Waals surface area contributed by atoms with Gasteiger partial charge in [-0.2, -0.15) is 0 Å². The first-order valence-corrected chi connectivity index (χ1v) is 15.9. The molecule has 3 aromatic carbocycles. The molecule has 0 bridgehead atoms. The summed E-state index contributed by atoms with van der Waals surface area (Å²) in [7, 11) is -2.12. The molecule has 1 aliphatic rings. The quantitative estimate of drug-likeness (QED) is 0.308. The van der Waals surface area contributed by atoms with E-state index in [4.69, 9.17) is 0 Å². The van der Waals surface area contributed by atoms with Crippen LogP contribution in [0.4, 0.5) is 0 Å². The second-order valence-electron chi connectivity index (χ2n) is 10.9. The van der Waals surface area contributed by atoms with E-state index in [2.05, 4.69) is 5.32 Å². The summed E-state index contributed by atoms with van der Waals surface area (Å²) in [5.74, 6) is -0.298. The molecule has 4 rings (SSSR count). The summed E-state index contributed by atoms with van der Waals surface area (Å²) in [6.45, 7) is 2.50. The molecule has 0 radical (unpaired) electrons. The van der Waals surface area contributed by atoms with Crippen molar-refractivity contribution in [1.29, 1.82) is 0 Å². The van der Waals surface area contributed by atoms with Gasteiger partial charge in [0.15, 0.2) is 0 Å². The number of amides is 2. The van der Waals surface area contributed by atoms with Crippen molar-refractivity contribution >= 4 is 21.8 Å². The van der Waals surface area contributed by atoms with Crippen molar-refractivity contribution in [2.24, 2.45) is 0 Å². The molecule has 7 nitrogen and oxygen atoms in total. The average molecular weight is 576 g/mol. The Morgan fingerprint density at radius 1 is 0.902 bits per heavy atom. The van der Waals surface area contributed by atoms with E-state index in [1.54, 1.807) is 35.2 Å². The van der Waals surface area contributed by atoms with Crippen LogP contribution in [-0.2, 0) is 32.6 Å². The molecular formula is C33H41N3O4S. The fraction of sp³-hybridized carbons (Fsp3) is 0.394. The molecule has 8 heteroatoms. The van der Waals surface area contributed by atoms with E-state index in [1.807, 2.05) is 61.5 Å². The Labute approximate surface area is 244 Å². The molecule has 1 saturated carbocycles. The van der Waals surface area contributed by atoms with E-state index in [-0.39, 0.29) is 35.7 Å². The van der Waals surface area contributed by atoms with Crippen LogP contribution in [0.1, 0.15) is 55.2 Å². The first-order chi connectivity index (χ1) is 19.8.